The molecule has 0 saturated carbocycles. The fraction of sp³-hybridized carbons (Fsp3) is 1.00. The van der Waals surface area contributed by atoms with Crippen molar-refractivity contribution >= 4 is 0 Å². The lowest BCUT2D eigenvalue weighted by molar-refractivity contribution is -0.0830. The standard InChI is InChI=1S/C10H22O4/c1-5-14-9-10(6-11-2,7-12-3)8-13-4/h5-9H2,1-4H3. The van der Waals surface area contributed by atoms with Crippen LogP contribution >= 0.6 is 0 Å². The first-order chi connectivity index (χ1) is 6.74. The smallest absolute Gasteiger partial charge is 0.0637 e. The monoisotopic (exact) mass is 206 g/mol. The van der Waals surface area contributed by atoms with Crippen molar-refractivity contribution in [3.63, 3.8) is 0 Å². The Morgan fingerprint density at radius 3 is 1.50 bits per heavy atom. The number of methoxy groups -OCH3 is 3. The molecule has 86 valence electrons. The van der Waals surface area contributed by atoms with Gasteiger partial charge in [0, 0.05) is 27.9 Å². The zero-order chi connectivity index (χ0) is 10.9. The van der Waals surface area contributed by atoms with E-state index < -0.39 is 0 Å². The molecule has 0 aromatic rings. The number of hydrogen-bond acceptors (Lipinski definition) is 4. The Morgan fingerprint density at radius 1 is 0.786 bits per heavy atom. The van der Waals surface area contributed by atoms with Gasteiger partial charge in [0.25, 0.3) is 0 Å². The van der Waals surface area contributed by atoms with Gasteiger partial charge in [0.1, 0.15) is 0 Å². The second-order valence-electron chi connectivity index (χ2n) is 3.44. The molecule has 0 N–H and O–H groups in total. The van der Waals surface area contributed by atoms with Crippen LogP contribution in [-0.4, -0.2) is 54.4 Å². The van der Waals surface area contributed by atoms with Crippen LogP contribution in [-0.2, 0) is 18.9 Å². The molecule has 0 aromatic heterocycles. The van der Waals surface area contributed by atoms with Crippen molar-refractivity contribution in [2.45, 2.75) is 6.92 Å². The normalized spacial score (nSPS) is 12.0. The summed E-state index contributed by atoms with van der Waals surface area (Å²) in [7, 11) is 5.02. The van der Waals surface area contributed by atoms with Crippen LogP contribution < -0.4 is 0 Å². The molecule has 0 aliphatic heterocycles. The van der Waals surface area contributed by atoms with Gasteiger partial charge >= 0.3 is 0 Å². The molecule has 0 fully saturated rings. The zero-order valence-corrected chi connectivity index (χ0v) is 9.67. The summed E-state index contributed by atoms with van der Waals surface area (Å²) in [6.45, 7) is 4.99. The van der Waals surface area contributed by atoms with E-state index in [0.29, 0.717) is 33.0 Å². The molecule has 0 saturated heterocycles. The fourth-order valence-corrected chi connectivity index (χ4v) is 1.49. The van der Waals surface area contributed by atoms with Gasteiger partial charge in [0.05, 0.1) is 31.8 Å². The van der Waals surface area contributed by atoms with Crippen LogP contribution in [0.5, 0.6) is 0 Å². The maximum absolute atomic E-state index is 5.42. The lowest BCUT2D eigenvalue weighted by Crippen LogP contribution is -2.40. The molecule has 0 unspecified atom stereocenters. The summed E-state index contributed by atoms with van der Waals surface area (Å²) in [4.78, 5) is 0. The van der Waals surface area contributed by atoms with Crippen LogP contribution in [0.25, 0.3) is 0 Å². The van der Waals surface area contributed by atoms with Crippen LogP contribution in [0.4, 0.5) is 0 Å². The molecule has 0 radical (unpaired) electrons. The summed E-state index contributed by atoms with van der Waals surface area (Å²) in [5.74, 6) is 0. The van der Waals surface area contributed by atoms with Gasteiger partial charge in [0.2, 0.25) is 0 Å². The number of hydrogen-bond donors (Lipinski definition) is 0. The molecule has 0 spiro atoms. The van der Waals surface area contributed by atoms with E-state index in [9.17, 15) is 0 Å². The van der Waals surface area contributed by atoms with E-state index in [2.05, 4.69) is 0 Å². The summed E-state index contributed by atoms with van der Waals surface area (Å²) >= 11 is 0. The van der Waals surface area contributed by atoms with Crippen molar-refractivity contribution < 1.29 is 18.9 Å². The molecule has 0 amide bonds. The second kappa shape index (κ2) is 8.17. The minimum atomic E-state index is -0.186. The maximum atomic E-state index is 5.42. The maximum Gasteiger partial charge on any atom is 0.0637 e. The molecule has 0 rings (SSSR count). The Kier molecular flexibility index (Phi) is 8.08. The van der Waals surface area contributed by atoms with Crippen molar-refractivity contribution in [2.75, 3.05) is 54.4 Å². The Bertz CT molecular complexity index is 110. The molecule has 0 heterocycles. The fourth-order valence-electron chi connectivity index (χ4n) is 1.49. The Labute approximate surface area is 86.5 Å². The van der Waals surface area contributed by atoms with Crippen molar-refractivity contribution in [2.24, 2.45) is 5.41 Å². The predicted molar refractivity (Wildman–Crippen MR) is 54.6 cm³/mol. The van der Waals surface area contributed by atoms with Crippen molar-refractivity contribution in [3.05, 3.63) is 0 Å². The molecular formula is C10H22O4. The zero-order valence-electron chi connectivity index (χ0n) is 9.67. The summed E-state index contributed by atoms with van der Waals surface area (Å²) in [6.07, 6.45) is 0. The van der Waals surface area contributed by atoms with Gasteiger partial charge in [-0.05, 0) is 6.92 Å². The van der Waals surface area contributed by atoms with Crippen molar-refractivity contribution in [1.29, 1.82) is 0 Å². The second-order valence-corrected chi connectivity index (χ2v) is 3.44. The van der Waals surface area contributed by atoms with E-state index in [1.54, 1.807) is 21.3 Å². The molecule has 0 aliphatic carbocycles. The SMILES string of the molecule is CCOCC(COC)(COC)COC. The molecule has 14 heavy (non-hydrogen) atoms. The van der Waals surface area contributed by atoms with E-state index >= 15 is 0 Å². The van der Waals surface area contributed by atoms with E-state index in [1.807, 2.05) is 6.92 Å². The lowest BCUT2D eigenvalue weighted by atomic mass is 9.92. The Hall–Kier alpha value is -0.160. The summed E-state index contributed by atoms with van der Waals surface area (Å²) in [5, 5.41) is 0. The summed E-state index contributed by atoms with van der Waals surface area (Å²) in [6, 6.07) is 0. The highest BCUT2D eigenvalue weighted by Gasteiger charge is 2.31. The van der Waals surface area contributed by atoms with Gasteiger partial charge in [-0.2, -0.15) is 0 Å². The summed E-state index contributed by atoms with van der Waals surface area (Å²) < 4.78 is 20.9. The van der Waals surface area contributed by atoms with Crippen LogP contribution in [0.15, 0.2) is 0 Å². The third-order valence-corrected chi connectivity index (χ3v) is 1.96. The van der Waals surface area contributed by atoms with Gasteiger partial charge in [-0.3, -0.25) is 0 Å². The number of rotatable bonds is 9. The third-order valence-electron chi connectivity index (χ3n) is 1.96. The van der Waals surface area contributed by atoms with Crippen molar-refractivity contribution in [3.8, 4) is 0 Å². The van der Waals surface area contributed by atoms with Crippen LogP contribution in [0, 0.1) is 5.41 Å². The molecule has 0 aromatic carbocycles. The quantitative estimate of drug-likeness (QED) is 0.563. The van der Waals surface area contributed by atoms with E-state index in [-0.39, 0.29) is 5.41 Å². The van der Waals surface area contributed by atoms with Gasteiger partial charge in [-0.1, -0.05) is 0 Å². The summed E-state index contributed by atoms with van der Waals surface area (Å²) in [5.41, 5.74) is -0.186. The average molecular weight is 206 g/mol. The van der Waals surface area contributed by atoms with Gasteiger partial charge in [0.15, 0.2) is 0 Å². The van der Waals surface area contributed by atoms with E-state index in [4.69, 9.17) is 18.9 Å². The molecule has 0 atom stereocenters. The topological polar surface area (TPSA) is 36.9 Å². The molecule has 0 aliphatic rings. The van der Waals surface area contributed by atoms with Crippen molar-refractivity contribution in [1.82, 2.24) is 0 Å². The van der Waals surface area contributed by atoms with E-state index in [0.717, 1.165) is 0 Å². The molecule has 0 bridgehead atoms. The first kappa shape index (κ1) is 13.8. The van der Waals surface area contributed by atoms with Crippen LogP contribution in [0.3, 0.4) is 0 Å². The molecule has 4 heteroatoms. The Balaban J connectivity index is 4.21. The third kappa shape index (κ3) is 4.91. The van der Waals surface area contributed by atoms with Gasteiger partial charge in [-0.15, -0.1) is 0 Å². The highest BCUT2D eigenvalue weighted by atomic mass is 16.5. The number of ether oxygens (including phenoxy) is 4. The highest BCUT2D eigenvalue weighted by molar-refractivity contribution is 4.78. The van der Waals surface area contributed by atoms with Gasteiger partial charge in [-0.25, -0.2) is 0 Å². The van der Waals surface area contributed by atoms with E-state index in [1.165, 1.54) is 0 Å². The largest absolute Gasteiger partial charge is 0.384 e. The minimum absolute atomic E-state index is 0.186. The Morgan fingerprint density at radius 2 is 1.21 bits per heavy atom. The first-order valence-corrected chi connectivity index (χ1v) is 4.79. The average Bonchev–Trinajstić information content (AvgIpc) is 2.16. The highest BCUT2D eigenvalue weighted by Crippen LogP contribution is 2.19. The van der Waals surface area contributed by atoms with Gasteiger partial charge < -0.3 is 18.9 Å². The molecular weight excluding hydrogens is 184 g/mol. The first-order valence-electron chi connectivity index (χ1n) is 4.79. The lowest BCUT2D eigenvalue weighted by Gasteiger charge is -2.31. The predicted octanol–water partition coefficient (Wildman–Crippen LogP) is 0.948. The molecule has 4 nitrogen and oxygen atoms in total. The minimum Gasteiger partial charge on any atom is -0.384 e. The van der Waals surface area contributed by atoms with Crippen LogP contribution in [0.2, 0.25) is 0 Å². The van der Waals surface area contributed by atoms with Crippen LogP contribution in [0.1, 0.15) is 6.92 Å².